The number of piperidine rings is 1. The van der Waals surface area contributed by atoms with Gasteiger partial charge in [0.2, 0.25) is 0 Å². The number of rotatable bonds is 5. The molecular weight excluding hydrogens is 212 g/mol. The normalized spacial score (nSPS) is 26.2. The summed E-state index contributed by atoms with van der Waals surface area (Å²) in [6, 6.07) is 0. The molecule has 1 heterocycles. The summed E-state index contributed by atoms with van der Waals surface area (Å²) in [6.45, 7) is 7.59. The van der Waals surface area contributed by atoms with Crippen molar-refractivity contribution in [3.8, 4) is 0 Å². The van der Waals surface area contributed by atoms with Gasteiger partial charge in [-0.05, 0) is 33.2 Å². The van der Waals surface area contributed by atoms with E-state index in [2.05, 4.69) is 0 Å². The number of ether oxygens (including phenoxy) is 1. The standard InChI is InChI=1S/C12H23F2NO/c1-4-11-5-6-15(9-12(11,13)14)7-8-16-10(2)3/h10-11H,4-9H2,1-3H3. The summed E-state index contributed by atoms with van der Waals surface area (Å²) in [5.74, 6) is -2.96. The SMILES string of the molecule is CCC1CCN(CCOC(C)C)CC1(F)F. The van der Waals surface area contributed by atoms with Crippen LogP contribution in [0.15, 0.2) is 0 Å². The monoisotopic (exact) mass is 235 g/mol. The van der Waals surface area contributed by atoms with E-state index in [0.29, 0.717) is 26.0 Å². The molecule has 0 bridgehead atoms. The van der Waals surface area contributed by atoms with Gasteiger partial charge in [0.05, 0.1) is 19.3 Å². The lowest BCUT2D eigenvalue weighted by Gasteiger charge is -2.38. The van der Waals surface area contributed by atoms with Gasteiger partial charge in [0, 0.05) is 12.5 Å². The third kappa shape index (κ3) is 3.98. The summed E-state index contributed by atoms with van der Waals surface area (Å²) in [6.07, 6.45) is 1.35. The van der Waals surface area contributed by atoms with Crippen LogP contribution in [0.5, 0.6) is 0 Å². The van der Waals surface area contributed by atoms with Gasteiger partial charge >= 0.3 is 0 Å². The lowest BCUT2D eigenvalue weighted by molar-refractivity contribution is -0.115. The van der Waals surface area contributed by atoms with Crippen molar-refractivity contribution in [3.63, 3.8) is 0 Å². The number of nitrogens with zero attached hydrogens (tertiary/aromatic N) is 1. The predicted molar refractivity (Wildman–Crippen MR) is 60.9 cm³/mol. The summed E-state index contributed by atoms with van der Waals surface area (Å²) in [7, 11) is 0. The zero-order valence-corrected chi connectivity index (χ0v) is 10.5. The molecule has 96 valence electrons. The van der Waals surface area contributed by atoms with Gasteiger partial charge < -0.3 is 4.74 Å². The van der Waals surface area contributed by atoms with Crippen molar-refractivity contribution in [1.29, 1.82) is 0 Å². The second-order valence-corrected chi connectivity index (χ2v) is 4.85. The van der Waals surface area contributed by atoms with Crippen LogP contribution in [0, 0.1) is 5.92 Å². The van der Waals surface area contributed by atoms with E-state index in [0.717, 1.165) is 6.54 Å². The quantitative estimate of drug-likeness (QED) is 0.726. The lowest BCUT2D eigenvalue weighted by atomic mass is 9.90. The zero-order valence-electron chi connectivity index (χ0n) is 10.5. The van der Waals surface area contributed by atoms with Crippen molar-refractivity contribution in [2.45, 2.75) is 45.6 Å². The molecule has 0 aromatic heterocycles. The van der Waals surface area contributed by atoms with E-state index in [1.165, 1.54) is 0 Å². The molecule has 1 atom stereocenters. The lowest BCUT2D eigenvalue weighted by Crippen LogP contribution is -2.49. The van der Waals surface area contributed by atoms with Crippen LogP contribution in [-0.2, 0) is 4.74 Å². The van der Waals surface area contributed by atoms with E-state index in [9.17, 15) is 8.78 Å². The molecule has 16 heavy (non-hydrogen) atoms. The van der Waals surface area contributed by atoms with E-state index in [1.807, 2.05) is 25.7 Å². The molecule has 1 saturated heterocycles. The molecule has 1 aliphatic heterocycles. The minimum Gasteiger partial charge on any atom is -0.377 e. The Kier molecular flexibility index (Phi) is 5.12. The first-order chi connectivity index (χ1) is 7.45. The first kappa shape index (κ1) is 13.8. The topological polar surface area (TPSA) is 12.5 Å². The van der Waals surface area contributed by atoms with Gasteiger partial charge in [-0.2, -0.15) is 0 Å². The first-order valence-corrected chi connectivity index (χ1v) is 6.17. The van der Waals surface area contributed by atoms with Crippen molar-refractivity contribution in [2.24, 2.45) is 5.92 Å². The fourth-order valence-electron chi connectivity index (χ4n) is 2.17. The van der Waals surface area contributed by atoms with Gasteiger partial charge in [0.25, 0.3) is 5.92 Å². The number of hydrogen-bond donors (Lipinski definition) is 0. The summed E-state index contributed by atoms with van der Waals surface area (Å²) >= 11 is 0. The van der Waals surface area contributed by atoms with Crippen LogP contribution in [0.2, 0.25) is 0 Å². The van der Waals surface area contributed by atoms with Gasteiger partial charge in [0.15, 0.2) is 0 Å². The average molecular weight is 235 g/mol. The van der Waals surface area contributed by atoms with Gasteiger partial charge in [0.1, 0.15) is 0 Å². The van der Waals surface area contributed by atoms with E-state index >= 15 is 0 Å². The molecule has 2 nitrogen and oxygen atoms in total. The summed E-state index contributed by atoms with van der Waals surface area (Å²) in [5.41, 5.74) is 0. The Morgan fingerprint density at radius 3 is 2.62 bits per heavy atom. The molecule has 0 amide bonds. The summed E-state index contributed by atoms with van der Waals surface area (Å²) in [5, 5.41) is 0. The Hall–Kier alpha value is -0.220. The summed E-state index contributed by atoms with van der Waals surface area (Å²) in [4.78, 5) is 1.81. The third-order valence-electron chi connectivity index (χ3n) is 3.18. The Morgan fingerprint density at radius 2 is 2.12 bits per heavy atom. The van der Waals surface area contributed by atoms with E-state index in [4.69, 9.17) is 4.74 Å². The molecule has 1 aliphatic rings. The van der Waals surface area contributed by atoms with E-state index in [-0.39, 0.29) is 12.6 Å². The number of alkyl halides is 2. The average Bonchev–Trinajstić information content (AvgIpc) is 2.16. The highest BCUT2D eigenvalue weighted by molar-refractivity contribution is 4.85. The van der Waals surface area contributed by atoms with Crippen LogP contribution in [0.4, 0.5) is 8.78 Å². The first-order valence-electron chi connectivity index (χ1n) is 6.17. The van der Waals surface area contributed by atoms with Gasteiger partial charge in [-0.1, -0.05) is 6.92 Å². The predicted octanol–water partition coefficient (Wildman–Crippen LogP) is 2.78. The van der Waals surface area contributed by atoms with E-state index < -0.39 is 11.8 Å². The highest BCUT2D eigenvalue weighted by Crippen LogP contribution is 2.34. The molecule has 0 spiro atoms. The minimum atomic E-state index is -2.52. The van der Waals surface area contributed by atoms with E-state index in [1.54, 1.807) is 0 Å². The Bertz CT molecular complexity index is 209. The second-order valence-electron chi connectivity index (χ2n) is 4.85. The van der Waals surface area contributed by atoms with Crippen LogP contribution in [-0.4, -0.2) is 43.2 Å². The number of halogens is 2. The van der Waals surface area contributed by atoms with Gasteiger partial charge in [-0.15, -0.1) is 0 Å². The molecule has 4 heteroatoms. The molecule has 0 aromatic carbocycles. The van der Waals surface area contributed by atoms with Crippen LogP contribution in [0.25, 0.3) is 0 Å². The highest BCUT2D eigenvalue weighted by Gasteiger charge is 2.42. The fraction of sp³-hybridized carbons (Fsp3) is 1.00. The smallest absolute Gasteiger partial charge is 0.263 e. The molecule has 1 unspecified atom stereocenters. The largest absolute Gasteiger partial charge is 0.377 e. The summed E-state index contributed by atoms with van der Waals surface area (Å²) < 4.78 is 32.6. The van der Waals surface area contributed by atoms with Crippen molar-refractivity contribution < 1.29 is 13.5 Å². The molecule has 0 aliphatic carbocycles. The van der Waals surface area contributed by atoms with Crippen LogP contribution in [0.1, 0.15) is 33.6 Å². The molecule has 0 saturated carbocycles. The highest BCUT2D eigenvalue weighted by atomic mass is 19.3. The molecule has 0 N–H and O–H groups in total. The zero-order chi connectivity index (χ0) is 12.2. The number of likely N-dealkylation sites (tertiary alicyclic amines) is 1. The maximum absolute atomic E-state index is 13.6. The third-order valence-corrected chi connectivity index (χ3v) is 3.18. The molecule has 1 fully saturated rings. The van der Waals surface area contributed by atoms with Gasteiger partial charge in [-0.3, -0.25) is 4.90 Å². The maximum atomic E-state index is 13.6. The second kappa shape index (κ2) is 5.92. The van der Waals surface area contributed by atoms with Crippen molar-refractivity contribution in [3.05, 3.63) is 0 Å². The Morgan fingerprint density at radius 1 is 1.44 bits per heavy atom. The molecule has 0 radical (unpaired) electrons. The van der Waals surface area contributed by atoms with Crippen LogP contribution >= 0.6 is 0 Å². The van der Waals surface area contributed by atoms with Crippen molar-refractivity contribution in [2.75, 3.05) is 26.2 Å². The fourth-order valence-corrected chi connectivity index (χ4v) is 2.17. The molecule has 0 aromatic rings. The Balaban J connectivity index is 2.31. The van der Waals surface area contributed by atoms with Crippen LogP contribution in [0.3, 0.4) is 0 Å². The molecule has 1 rings (SSSR count). The van der Waals surface area contributed by atoms with Gasteiger partial charge in [-0.25, -0.2) is 8.78 Å². The Labute approximate surface area is 97.0 Å². The van der Waals surface area contributed by atoms with Crippen molar-refractivity contribution in [1.82, 2.24) is 4.90 Å². The van der Waals surface area contributed by atoms with Crippen LogP contribution < -0.4 is 0 Å². The maximum Gasteiger partial charge on any atom is 0.263 e. The molecular formula is C12H23F2NO. The van der Waals surface area contributed by atoms with Crippen molar-refractivity contribution >= 4 is 0 Å². The minimum absolute atomic E-state index is 0.104. The number of hydrogen-bond acceptors (Lipinski definition) is 2.